The molecule has 0 amide bonds. The van der Waals surface area contributed by atoms with E-state index in [0.29, 0.717) is 19.3 Å². The van der Waals surface area contributed by atoms with Gasteiger partial charge in [-0.3, -0.25) is 14.4 Å². The Labute approximate surface area is 457 Å². The van der Waals surface area contributed by atoms with Gasteiger partial charge in [-0.25, -0.2) is 0 Å². The second-order valence-corrected chi connectivity index (χ2v) is 20.2. The van der Waals surface area contributed by atoms with Crippen LogP contribution in [0.3, 0.4) is 0 Å². The highest BCUT2D eigenvalue weighted by Gasteiger charge is 2.19. The van der Waals surface area contributed by atoms with E-state index >= 15 is 0 Å². The highest BCUT2D eigenvalue weighted by atomic mass is 16.6. The topological polar surface area (TPSA) is 78.9 Å². The van der Waals surface area contributed by atoms with E-state index < -0.39 is 6.10 Å². The van der Waals surface area contributed by atoms with Crippen LogP contribution < -0.4 is 0 Å². The molecule has 0 spiro atoms. The van der Waals surface area contributed by atoms with Crippen LogP contribution in [0.25, 0.3) is 0 Å². The lowest BCUT2D eigenvalue weighted by molar-refractivity contribution is -0.167. The third kappa shape index (κ3) is 59.0. The van der Waals surface area contributed by atoms with Gasteiger partial charge in [0, 0.05) is 19.3 Å². The van der Waals surface area contributed by atoms with Gasteiger partial charge in [0.1, 0.15) is 13.2 Å². The summed E-state index contributed by atoms with van der Waals surface area (Å²) in [5, 5.41) is 0. The summed E-state index contributed by atoms with van der Waals surface area (Å²) >= 11 is 0. The van der Waals surface area contributed by atoms with Crippen molar-refractivity contribution >= 4 is 17.9 Å². The predicted molar refractivity (Wildman–Crippen MR) is 320 cm³/mol. The van der Waals surface area contributed by atoms with Gasteiger partial charge in [0.2, 0.25) is 0 Å². The fraction of sp³-hybridized carbons (Fsp3) is 0.691. The Bertz CT molecular complexity index is 1510. The minimum atomic E-state index is -0.801. The smallest absolute Gasteiger partial charge is 0.306 e. The van der Waals surface area contributed by atoms with Gasteiger partial charge < -0.3 is 14.2 Å². The number of allylic oxidation sites excluding steroid dienone is 18. The van der Waals surface area contributed by atoms with E-state index in [4.69, 9.17) is 14.2 Å². The minimum Gasteiger partial charge on any atom is -0.462 e. The van der Waals surface area contributed by atoms with Crippen molar-refractivity contribution in [3.63, 3.8) is 0 Å². The summed E-state index contributed by atoms with van der Waals surface area (Å²) in [7, 11) is 0. The number of carbonyl (C=O) groups excluding carboxylic acids is 3. The van der Waals surface area contributed by atoms with Gasteiger partial charge in [0.05, 0.1) is 0 Å². The second-order valence-electron chi connectivity index (χ2n) is 20.2. The van der Waals surface area contributed by atoms with Gasteiger partial charge >= 0.3 is 17.9 Å². The average Bonchev–Trinajstić information content (AvgIpc) is 3.40. The van der Waals surface area contributed by atoms with Crippen LogP contribution in [0.15, 0.2) is 109 Å². The first-order valence-electron chi connectivity index (χ1n) is 30.9. The zero-order valence-electron chi connectivity index (χ0n) is 48.3. The van der Waals surface area contributed by atoms with Crippen molar-refractivity contribution in [3.05, 3.63) is 109 Å². The molecule has 6 nitrogen and oxygen atoms in total. The van der Waals surface area contributed by atoms with E-state index in [1.807, 2.05) is 0 Å². The fourth-order valence-electron chi connectivity index (χ4n) is 8.42. The molecule has 1 atom stereocenters. The molecule has 0 radical (unpaired) electrons. The Hall–Kier alpha value is -3.93. The molecule has 1 unspecified atom stereocenters. The minimum absolute atomic E-state index is 0.0959. The number of unbranched alkanes of at least 4 members (excludes halogenated alkanes) is 26. The maximum Gasteiger partial charge on any atom is 0.306 e. The lowest BCUT2D eigenvalue weighted by Gasteiger charge is -2.18. The normalized spacial score (nSPS) is 12.9. The van der Waals surface area contributed by atoms with E-state index in [1.165, 1.54) is 116 Å². The van der Waals surface area contributed by atoms with Crippen LogP contribution in [-0.4, -0.2) is 37.2 Å². The van der Waals surface area contributed by atoms with Gasteiger partial charge in [0.25, 0.3) is 0 Å². The highest BCUT2D eigenvalue weighted by Crippen LogP contribution is 2.15. The molecule has 0 saturated carbocycles. The molecule has 6 heteroatoms. The number of ether oxygens (including phenoxy) is 3. The average molecular weight is 1030 g/mol. The first-order chi connectivity index (χ1) is 36.5. The number of esters is 3. The van der Waals surface area contributed by atoms with E-state index in [0.717, 1.165) is 128 Å². The predicted octanol–water partition coefficient (Wildman–Crippen LogP) is 21.0. The van der Waals surface area contributed by atoms with Crippen LogP contribution >= 0.6 is 0 Å². The maximum atomic E-state index is 12.9. The maximum absolute atomic E-state index is 12.9. The Morgan fingerprint density at radius 3 is 0.851 bits per heavy atom. The van der Waals surface area contributed by atoms with Crippen molar-refractivity contribution in [1.29, 1.82) is 0 Å². The van der Waals surface area contributed by atoms with Crippen LogP contribution in [0.2, 0.25) is 0 Å². The summed E-state index contributed by atoms with van der Waals surface area (Å²) in [6, 6.07) is 0. The number of hydrogen-bond donors (Lipinski definition) is 0. The zero-order chi connectivity index (χ0) is 53.6. The third-order valence-corrected chi connectivity index (χ3v) is 13.0. The van der Waals surface area contributed by atoms with Gasteiger partial charge in [-0.1, -0.05) is 252 Å². The molecule has 0 heterocycles. The molecule has 422 valence electrons. The molecular weight excluding hydrogens is 913 g/mol. The summed E-state index contributed by atoms with van der Waals surface area (Å²) in [5.74, 6) is -0.937. The van der Waals surface area contributed by atoms with Crippen molar-refractivity contribution in [1.82, 2.24) is 0 Å². The van der Waals surface area contributed by atoms with Gasteiger partial charge in [-0.2, -0.15) is 0 Å². The fourth-order valence-corrected chi connectivity index (χ4v) is 8.42. The second kappa shape index (κ2) is 61.6. The molecule has 0 rings (SSSR count). The molecule has 74 heavy (non-hydrogen) atoms. The molecule has 0 aliphatic heterocycles. The molecule has 0 aromatic heterocycles. The Balaban J connectivity index is 4.47. The first-order valence-corrected chi connectivity index (χ1v) is 30.9. The van der Waals surface area contributed by atoms with Crippen molar-refractivity contribution in [3.8, 4) is 0 Å². The molecule has 0 fully saturated rings. The molecule has 0 aromatic rings. The Morgan fingerprint density at radius 2 is 0.527 bits per heavy atom. The molecule has 0 bridgehead atoms. The Kier molecular flexibility index (Phi) is 58.3. The van der Waals surface area contributed by atoms with Crippen LogP contribution in [-0.2, 0) is 28.6 Å². The monoisotopic (exact) mass is 1030 g/mol. The van der Waals surface area contributed by atoms with Gasteiger partial charge in [0.15, 0.2) is 6.10 Å². The molecule has 0 aromatic carbocycles. The summed E-state index contributed by atoms with van der Waals surface area (Å²) < 4.78 is 16.9. The summed E-state index contributed by atoms with van der Waals surface area (Å²) in [5.41, 5.74) is 0. The van der Waals surface area contributed by atoms with Crippen molar-refractivity contribution in [2.45, 2.75) is 290 Å². The lowest BCUT2D eigenvalue weighted by atomic mass is 10.1. The van der Waals surface area contributed by atoms with Crippen molar-refractivity contribution < 1.29 is 28.6 Å². The van der Waals surface area contributed by atoms with Crippen LogP contribution in [0.4, 0.5) is 0 Å². The lowest BCUT2D eigenvalue weighted by Crippen LogP contribution is -2.30. The number of rotatable bonds is 55. The van der Waals surface area contributed by atoms with Crippen LogP contribution in [0.1, 0.15) is 284 Å². The molecule has 0 N–H and O–H groups in total. The zero-order valence-corrected chi connectivity index (χ0v) is 48.3. The van der Waals surface area contributed by atoms with Gasteiger partial charge in [-0.15, -0.1) is 0 Å². The first kappa shape index (κ1) is 70.1. The van der Waals surface area contributed by atoms with E-state index in [1.54, 1.807) is 0 Å². The highest BCUT2D eigenvalue weighted by molar-refractivity contribution is 5.71. The van der Waals surface area contributed by atoms with Crippen LogP contribution in [0, 0.1) is 0 Å². The molecular formula is C68H114O6. The van der Waals surface area contributed by atoms with E-state index in [9.17, 15) is 14.4 Å². The quantitative estimate of drug-likeness (QED) is 0.0261. The third-order valence-electron chi connectivity index (χ3n) is 13.0. The van der Waals surface area contributed by atoms with Crippen LogP contribution in [0.5, 0.6) is 0 Å². The Morgan fingerprint density at radius 1 is 0.284 bits per heavy atom. The van der Waals surface area contributed by atoms with E-state index in [-0.39, 0.29) is 31.1 Å². The van der Waals surface area contributed by atoms with Gasteiger partial charge in [-0.05, 0) is 122 Å². The number of hydrogen-bond acceptors (Lipinski definition) is 6. The summed E-state index contributed by atoms with van der Waals surface area (Å²) in [6.45, 7) is 6.40. The van der Waals surface area contributed by atoms with E-state index in [2.05, 4.69) is 130 Å². The van der Waals surface area contributed by atoms with Crippen molar-refractivity contribution in [2.24, 2.45) is 0 Å². The van der Waals surface area contributed by atoms with Crippen molar-refractivity contribution in [2.75, 3.05) is 13.2 Å². The summed E-state index contributed by atoms with van der Waals surface area (Å²) in [6.07, 6.45) is 83.7. The molecule has 0 aliphatic carbocycles. The molecule has 0 aliphatic rings. The number of carbonyl (C=O) groups is 3. The standard InChI is InChI=1S/C68H114O6/c1-4-7-10-13-16-19-22-25-28-31-34-37-40-43-46-49-52-55-58-61-67(70)73-64-65(63-72-66(69)60-57-54-51-48-45-42-39-36-33-30-27-24-21-18-15-12-9-6-3)74-68(71)62-59-56-53-50-47-44-41-38-35-32-29-26-23-20-17-14-11-8-5-2/h7-8,10-11,16-17,19-20,25-26,28-29,34,36-37,39,43,46,65H,4-6,9,12-15,18,21-24,27,30-33,35,38,40-42,44-45,47-64H2,1-3H3/b10-7-,11-8-,19-16-,20-17-,28-25-,29-26-,37-34-,39-36-,46-43-. The SMILES string of the molecule is CC/C=C\C/C=C\C/C=C\C/C=C\C/C=C\CCCCCC(=O)OCC(COC(=O)CCCCCCC/C=C\CCCCCCCCCCC)OC(=O)CCCCCCCCCCC/C=C\C/C=C\C/C=C\CC. The summed E-state index contributed by atoms with van der Waals surface area (Å²) in [4.78, 5) is 38.3. The molecule has 0 saturated heterocycles. The largest absolute Gasteiger partial charge is 0.462 e.